The molecule has 0 saturated heterocycles. The molecule has 8 heteroatoms. The predicted molar refractivity (Wildman–Crippen MR) is 81.5 cm³/mol. The molecule has 0 radical (unpaired) electrons. The van der Waals surface area contributed by atoms with Crippen LogP contribution in [0.3, 0.4) is 0 Å². The SMILES string of the molecule is CC(C)(C)[S@+]([O-])N[C@@](C)(C[C@@H](O)C(F)(F)F)c1ccccc1F. The van der Waals surface area contributed by atoms with Crippen LogP contribution in [0.15, 0.2) is 24.3 Å². The molecule has 132 valence electrons. The van der Waals surface area contributed by atoms with Gasteiger partial charge in [-0.25, -0.2) is 4.39 Å². The minimum atomic E-state index is -4.85. The van der Waals surface area contributed by atoms with E-state index in [9.17, 15) is 27.2 Å². The number of rotatable bonds is 5. The lowest BCUT2D eigenvalue weighted by molar-refractivity contribution is -0.209. The first kappa shape index (κ1) is 20.2. The third-order valence-corrected chi connectivity index (χ3v) is 5.07. The summed E-state index contributed by atoms with van der Waals surface area (Å²) in [7, 11) is 0. The molecule has 1 rings (SSSR count). The first-order chi connectivity index (χ1) is 10.3. The predicted octanol–water partition coefficient (Wildman–Crippen LogP) is 3.41. The number of alkyl halides is 3. The van der Waals surface area contributed by atoms with Gasteiger partial charge in [-0.15, -0.1) is 4.72 Å². The fraction of sp³-hybridized carbons (Fsp3) is 0.600. The van der Waals surface area contributed by atoms with Crippen molar-refractivity contribution in [3.63, 3.8) is 0 Å². The van der Waals surface area contributed by atoms with Crippen LogP contribution < -0.4 is 4.72 Å². The van der Waals surface area contributed by atoms with Gasteiger partial charge in [0, 0.05) is 23.3 Å². The Morgan fingerprint density at radius 2 is 1.70 bits per heavy atom. The van der Waals surface area contributed by atoms with E-state index >= 15 is 0 Å². The third kappa shape index (κ3) is 5.34. The van der Waals surface area contributed by atoms with Gasteiger partial charge in [0.25, 0.3) is 0 Å². The van der Waals surface area contributed by atoms with Crippen LogP contribution in [-0.4, -0.2) is 26.7 Å². The monoisotopic (exact) mass is 355 g/mol. The summed E-state index contributed by atoms with van der Waals surface area (Å²) in [6.07, 6.45) is -8.38. The van der Waals surface area contributed by atoms with Crippen molar-refractivity contribution in [3.05, 3.63) is 35.6 Å². The van der Waals surface area contributed by atoms with Gasteiger partial charge < -0.3 is 9.66 Å². The average Bonchev–Trinajstić information content (AvgIpc) is 2.36. The van der Waals surface area contributed by atoms with E-state index in [1.165, 1.54) is 25.1 Å². The van der Waals surface area contributed by atoms with Crippen molar-refractivity contribution in [2.45, 2.75) is 56.7 Å². The molecule has 23 heavy (non-hydrogen) atoms. The van der Waals surface area contributed by atoms with Gasteiger partial charge in [0.05, 0.1) is 5.54 Å². The molecule has 3 atom stereocenters. The Morgan fingerprint density at radius 3 is 2.13 bits per heavy atom. The van der Waals surface area contributed by atoms with E-state index < -0.39 is 46.2 Å². The standard InChI is InChI=1S/C15H21F4NO2S/c1-13(2,3)23(22)20-14(4,9-12(21)15(17,18)19)10-7-5-6-8-11(10)16/h5-8,12,20-21H,9H2,1-4H3/t12-,14+,23+/m1/s1. The first-order valence-corrected chi connectivity index (χ1v) is 8.12. The minimum absolute atomic E-state index is 0.0825. The Bertz CT molecular complexity index is 509. The van der Waals surface area contributed by atoms with Crippen LogP contribution >= 0.6 is 0 Å². The highest BCUT2D eigenvalue weighted by molar-refractivity contribution is 7.90. The Hall–Kier alpha value is -0.830. The normalized spacial score (nSPS) is 18.3. The van der Waals surface area contributed by atoms with E-state index in [1.807, 2.05) is 0 Å². The van der Waals surface area contributed by atoms with Crippen LogP contribution in [0.1, 0.15) is 39.7 Å². The fourth-order valence-corrected chi connectivity index (χ4v) is 2.88. The lowest BCUT2D eigenvalue weighted by Gasteiger charge is -2.36. The second-order valence-electron chi connectivity index (χ2n) is 6.56. The highest BCUT2D eigenvalue weighted by atomic mass is 32.2. The minimum Gasteiger partial charge on any atom is -0.598 e. The topological polar surface area (TPSA) is 55.3 Å². The van der Waals surface area contributed by atoms with Gasteiger partial charge in [-0.3, -0.25) is 0 Å². The molecule has 0 aromatic heterocycles. The molecule has 0 fully saturated rings. The van der Waals surface area contributed by atoms with Crippen LogP contribution in [0.2, 0.25) is 0 Å². The van der Waals surface area contributed by atoms with Crippen molar-refractivity contribution < 1.29 is 27.2 Å². The number of halogens is 4. The quantitative estimate of drug-likeness (QED) is 0.629. The number of aliphatic hydroxyl groups is 1. The Kier molecular flexibility index (Phi) is 6.12. The van der Waals surface area contributed by atoms with Crippen molar-refractivity contribution in [2.75, 3.05) is 0 Å². The number of nitrogens with one attached hydrogen (secondary N) is 1. The van der Waals surface area contributed by atoms with Gasteiger partial charge in [-0.1, -0.05) is 18.2 Å². The van der Waals surface area contributed by atoms with Crippen molar-refractivity contribution in [2.24, 2.45) is 0 Å². The van der Waals surface area contributed by atoms with Crippen LogP contribution in [0.4, 0.5) is 17.6 Å². The van der Waals surface area contributed by atoms with Crippen LogP contribution in [0, 0.1) is 5.82 Å². The molecule has 0 saturated carbocycles. The maximum atomic E-state index is 14.1. The van der Waals surface area contributed by atoms with Crippen LogP contribution in [-0.2, 0) is 16.9 Å². The van der Waals surface area contributed by atoms with Crippen molar-refractivity contribution in [3.8, 4) is 0 Å². The van der Waals surface area contributed by atoms with E-state index in [4.69, 9.17) is 0 Å². The van der Waals surface area contributed by atoms with E-state index in [-0.39, 0.29) is 5.56 Å². The summed E-state index contributed by atoms with van der Waals surface area (Å²) in [6.45, 7) is 6.21. The molecule has 0 bridgehead atoms. The van der Waals surface area contributed by atoms with Gasteiger partial charge in [0.1, 0.15) is 10.6 Å². The van der Waals surface area contributed by atoms with Gasteiger partial charge in [-0.2, -0.15) is 13.2 Å². The molecule has 0 heterocycles. The summed E-state index contributed by atoms with van der Waals surface area (Å²) >= 11 is -1.75. The zero-order chi connectivity index (χ0) is 18.1. The second kappa shape index (κ2) is 6.96. The molecule has 2 N–H and O–H groups in total. The summed E-state index contributed by atoms with van der Waals surface area (Å²) in [4.78, 5) is 0. The Morgan fingerprint density at radius 1 is 1.17 bits per heavy atom. The van der Waals surface area contributed by atoms with Gasteiger partial charge in [0.15, 0.2) is 6.10 Å². The third-order valence-electron chi connectivity index (χ3n) is 3.32. The number of hydrogen-bond donors (Lipinski definition) is 2. The molecule has 0 unspecified atom stereocenters. The first-order valence-electron chi connectivity index (χ1n) is 6.97. The maximum absolute atomic E-state index is 14.1. The van der Waals surface area contributed by atoms with Crippen LogP contribution in [0.5, 0.6) is 0 Å². The van der Waals surface area contributed by atoms with E-state index in [2.05, 4.69) is 4.72 Å². The Labute approximate surface area is 136 Å². The van der Waals surface area contributed by atoms with E-state index in [0.717, 1.165) is 6.07 Å². The van der Waals surface area contributed by atoms with Crippen molar-refractivity contribution >= 4 is 11.4 Å². The summed E-state index contributed by atoms with van der Waals surface area (Å²) in [5.41, 5.74) is -1.74. The molecular formula is C15H21F4NO2S. The number of aliphatic hydroxyl groups excluding tert-OH is 1. The highest BCUT2D eigenvalue weighted by Gasteiger charge is 2.47. The molecule has 0 aliphatic heterocycles. The van der Waals surface area contributed by atoms with E-state index in [1.54, 1.807) is 20.8 Å². The van der Waals surface area contributed by atoms with Gasteiger partial charge >= 0.3 is 6.18 Å². The zero-order valence-corrected chi connectivity index (χ0v) is 14.2. The largest absolute Gasteiger partial charge is 0.598 e. The average molecular weight is 355 g/mol. The number of benzene rings is 1. The van der Waals surface area contributed by atoms with Crippen molar-refractivity contribution in [1.82, 2.24) is 4.72 Å². The van der Waals surface area contributed by atoms with Gasteiger partial charge in [-0.05, 0) is 33.8 Å². The summed E-state index contributed by atoms with van der Waals surface area (Å²) in [5, 5.41) is 9.40. The zero-order valence-electron chi connectivity index (χ0n) is 13.4. The summed E-state index contributed by atoms with van der Waals surface area (Å²) < 4.78 is 66.3. The van der Waals surface area contributed by atoms with Crippen LogP contribution in [0.25, 0.3) is 0 Å². The number of hydrogen-bond acceptors (Lipinski definition) is 3. The highest BCUT2D eigenvalue weighted by Crippen LogP contribution is 2.35. The maximum Gasteiger partial charge on any atom is 0.414 e. The molecule has 0 spiro atoms. The lowest BCUT2D eigenvalue weighted by atomic mass is 9.87. The molecular weight excluding hydrogens is 334 g/mol. The van der Waals surface area contributed by atoms with E-state index in [0.29, 0.717) is 0 Å². The molecule has 0 aliphatic carbocycles. The summed E-state index contributed by atoms with van der Waals surface area (Å²) in [6, 6.07) is 5.29. The molecule has 0 aliphatic rings. The molecule has 1 aromatic carbocycles. The Balaban J connectivity index is 3.23. The van der Waals surface area contributed by atoms with Crippen molar-refractivity contribution in [1.29, 1.82) is 0 Å². The molecule has 0 amide bonds. The second-order valence-corrected chi connectivity index (χ2v) is 8.52. The summed E-state index contributed by atoms with van der Waals surface area (Å²) in [5.74, 6) is -0.734. The smallest absolute Gasteiger partial charge is 0.414 e. The molecule has 3 nitrogen and oxygen atoms in total. The van der Waals surface area contributed by atoms with Gasteiger partial charge in [0.2, 0.25) is 0 Å². The fourth-order valence-electron chi connectivity index (χ4n) is 1.98. The lowest BCUT2D eigenvalue weighted by Crippen LogP contribution is -2.52. The molecule has 1 aromatic rings.